The minimum atomic E-state index is -6.75. The second-order valence-electron chi connectivity index (χ2n) is 15.7. The van der Waals surface area contributed by atoms with Gasteiger partial charge in [-0.15, -0.1) is 0 Å². The van der Waals surface area contributed by atoms with E-state index in [0.29, 0.717) is 49.2 Å². The van der Waals surface area contributed by atoms with E-state index in [2.05, 4.69) is 23.8 Å². The van der Waals surface area contributed by atoms with Crippen LogP contribution in [0.25, 0.3) is 0 Å². The maximum absolute atomic E-state index is 13.2. The third kappa shape index (κ3) is 9.87. The third-order valence-corrected chi connectivity index (χ3v) is 14.8. The number of aryl methyl sites for hydroxylation is 1. The number of benzene rings is 2. The lowest BCUT2D eigenvalue weighted by atomic mass is 9.55. The van der Waals surface area contributed by atoms with Gasteiger partial charge in [0.1, 0.15) is 30.5 Å². The van der Waals surface area contributed by atoms with Crippen molar-refractivity contribution in [1.29, 1.82) is 0 Å². The molecule has 1 amide bonds. The van der Waals surface area contributed by atoms with Crippen molar-refractivity contribution in [3.05, 3.63) is 53.6 Å². The van der Waals surface area contributed by atoms with E-state index in [-0.39, 0.29) is 36.7 Å². The summed E-state index contributed by atoms with van der Waals surface area (Å²) in [5.74, 6) is 4.45. The van der Waals surface area contributed by atoms with Gasteiger partial charge < -0.3 is 28.6 Å². The molecule has 2 radical (unpaired) electrons. The van der Waals surface area contributed by atoms with Crippen LogP contribution in [0.15, 0.2) is 42.5 Å². The lowest BCUT2D eigenvalue weighted by Gasteiger charge is -2.50. The summed E-state index contributed by atoms with van der Waals surface area (Å²) in [7, 11) is 9.30. The SMILES string of the molecule is [B]CCN(C(=O)Oc1ccc(OCCOc2ccc3c(c2)CC[C@@H]2[C@@H]3CC[C@]3(C)[C@@H](OCCCOC(C(F)(F)F)(C(F)(F)F)C(F)(F)F)CC[C@@H]23)cc1)C1CCSSC1. The van der Waals surface area contributed by atoms with Gasteiger partial charge in [-0.25, -0.2) is 4.79 Å². The number of carbonyl (C=O) groups excluding carboxylic acids is 1. The quantitative estimate of drug-likeness (QED) is 0.0759. The molecule has 19 heteroatoms. The first kappa shape index (κ1) is 45.9. The highest BCUT2D eigenvalue weighted by atomic mass is 33.1. The predicted molar refractivity (Wildman–Crippen MR) is 206 cm³/mol. The predicted octanol–water partition coefficient (Wildman–Crippen LogP) is 10.8. The van der Waals surface area contributed by atoms with Crippen molar-refractivity contribution in [3.63, 3.8) is 0 Å². The highest BCUT2D eigenvalue weighted by molar-refractivity contribution is 8.76. The number of nitrogens with zero attached hydrogens (tertiary/aromatic N) is 1. The van der Waals surface area contributed by atoms with Gasteiger partial charge in [-0.3, -0.25) is 0 Å². The molecule has 4 aliphatic rings. The summed E-state index contributed by atoms with van der Waals surface area (Å²) in [6.07, 6.45) is -15.5. The van der Waals surface area contributed by atoms with Crippen LogP contribution < -0.4 is 14.2 Å². The van der Waals surface area contributed by atoms with Crippen LogP contribution in [-0.2, 0) is 15.9 Å². The van der Waals surface area contributed by atoms with Crippen LogP contribution in [-0.4, -0.2) is 99.6 Å². The van der Waals surface area contributed by atoms with Crippen molar-refractivity contribution in [1.82, 2.24) is 4.90 Å². The van der Waals surface area contributed by atoms with Gasteiger partial charge in [-0.1, -0.05) is 40.9 Å². The number of hydrogen-bond acceptors (Lipinski definition) is 8. The molecule has 1 saturated heterocycles. The van der Waals surface area contributed by atoms with Crippen molar-refractivity contribution in [2.24, 2.45) is 17.3 Å². The molecule has 59 heavy (non-hydrogen) atoms. The molecule has 1 unspecified atom stereocenters. The molecular formula is C40H47BF9NO6S2. The molecule has 1 heterocycles. The zero-order chi connectivity index (χ0) is 42.6. The van der Waals surface area contributed by atoms with Gasteiger partial charge >= 0.3 is 30.2 Å². The molecule has 3 fully saturated rings. The van der Waals surface area contributed by atoms with E-state index in [9.17, 15) is 44.3 Å². The monoisotopic (exact) mass is 883 g/mol. The lowest BCUT2D eigenvalue weighted by Crippen LogP contribution is -2.67. The van der Waals surface area contributed by atoms with Gasteiger partial charge in [-0.05, 0) is 122 Å². The molecule has 2 aromatic carbocycles. The van der Waals surface area contributed by atoms with Crippen LogP contribution in [0.4, 0.5) is 44.3 Å². The van der Waals surface area contributed by atoms with E-state index in [1.807, 2.05) is 6.07 Å². The average molecular weight is 884 g/mol. The summed E-state index contributed by atoms with van der Waals surface area (Å²) in [5, 5.41) is 0. The number of amides is 1. The Bertz CT molecular complexity index is 1680. The van der Waals surface area contributed by atoms with Crippen molar-refractivity contribution in [2.75, 3.05) is 44.5 Å². The molecule has 0 bridgehead atoms. The summed E-state index contributed by atoms with van der Waals surface area (Å²) < 4.78 is 146. The second-order valence-corrected chi connectivity index (χ2v) is 18.3. The Morgan fingerprint density at radius 2 is 1.47 bits per heavy atom. The summed E-state index contributed by atoms with van der Waals surface area (Å²) >= 11 is 0. The summed E-state index contributed by atoms with van der Waals surface area (Å²) in [6.45, 7) is 1.34. The van der Waals surface area contributed by atoms with Gasteiger partial charge in [-0.2, -0.15) is 39.5 Å². The summed E-state index contributed by atoms with van der Waals surface area (Å²) in [4.78, 5) is 14.6. The van der Waals surface area contributed by atoms with Gasteiger partial charge in [0.2, 0.25) is 0 Å². The largest absolute Gasteiger partial charge is 0.490 e. The minimum Gasteiger partial charge on any atom is -0.490 e. The Kier molecular flexibility index (Phi) is 14.6. The Morgan fingerprint density at radius 1 is 0.814 bits per heavy atom. The van der Waals surface area contributed by atoms with Crippen molar-refractivity contribution >= 4 is 35.5 Å². The Morgan fingerprint density at radius 3 is 2.12 bits per heavy atom. The topological polar surface area (TPSA) is 66.5 Å². The normalized spacial score (nSPS) is 26.0. The highest BCUT2D eigenvalue weighted by Crippen LogP contribution is 2.62. The molecular weight excluding hydrogens is 836 g/mol. The first-order valence-corrected chi connectivity index (χ1v) is 22.3. The molecule has 3 aliphatic carbocycles. The van der Waals surface area contributed by atoms with Crippen LogP contribution in [0.3, 0.4) is 0 Å². The van der Waals surface area contributed by atoms with Crippen molar-refractivity contribution in [3.8, 4) is 17.2 Å². The fraction of sp³-hybridized carbons (Fsp3) is 0.675. The molecule has 0 spiro atoms. The Labute approximate surface area is 346 Å². The zero-order valence-corrected chi connectivity index (χ0v) is 34.1. The van der Waals surface area contributed by atoms with E-state index in [1.165, 1.54) is 11.1 Å². The molecule has 2 aromatic rings. The Hall–Kier alpha value is -2.64. The third-order valence-electron chi connectivity index (χ3n) is 12.3. The molecule has 6 atom stereocenters. The van der Waals surface area contributed by atoms with Crippen LogP contribution in [0, 0.1) is 17.3 Å². The second kappa shape index (κ2) is 18.8. The Balaban J connectivity index is 0.949. The van der Waals surface area contributed by atoms with Crippen molar-refractivity contribution in [2.45, 2.75) is 107 Å². The molecule has 7 nitrogen and oxygen atoms in total. The maximum Gasteiger partial charge on any atom is 0.435 e. The fourth-order valence-corrected chi connectivity index (χ4v) is 11.9. The van der Waals surface area contributed by atoms with Gasteiger partial charge in [0.05, 0.1) is 20.6 Å². The summed E-state index contributed by atoms with van der Waals surface area (Å²) in [6, 6.07) is 13.0. The van der Waals surface area contributed by atoms with Crippen LogP contribution >= 0.6 is 21.6 Å². The van der Waals surface area contributed by atoms with Crippen LogP contribution in [0.5, 0.6) is 17.2 Å². The van der Waals surface area contributed by atoms with Gasteiger partial charge in [0.25, 0.3) is 0 Å². The number of carbonyl (C=O) groups is 1. The number of hydrogen-bond donors (Lipinski definition) is 0. The average Bonchev–Trinajstić information content (AvgIpc) is 3.52. The first-order valence-electron chi connectivity index (χ1n) is 19.8. The minimum absolute atomic E-state index is 0.0899. The first-order chi connectivity index (χ1) is 27.9. The van der Waals surface area contributed by atoms with E-state index >= 15 is 0 Å². The van der Waals surface area contributed by atoms with Gasteiger partial charge in [0.15, 0.2) is 0 Å². The van der Waals surface area contributed by atoms with E-state index in [1.54, 1.807) is 50.8 Å². The number of ether oxygens (including phenoxy) is 5. The molecule has 0 N–H and O–H groups in total. The number of halogens is 9. The molecule has 326 valence electrons. The van der Waals surface area contributed by atoms with E-state index in [4.69, 9.17) is 26.8 Å². The van der Waals surface area contributed by atoms with E-state index < -0.39 is 43.3 Å². The smallest absolute Gasteiger partial charge is 0.435 e. The lowest BCUT2D eigenvalue weighted by molar-refractivity contribution is -0.457. The molecule has 6 rings (SSSR count). The fourth-order valence-electron chi connectivity index (χ4n) is 9.45. The standard InChI is InChI=1S/C40H47BF9NO6S2/c1-36-15-13-31-30-10-8-29(54-21-20-53-27-4-6-28(7-5-27)57-35(52)51(17-16-41)26-14-22-58-59-24-26)23-25(30)3-9-32(31)33(36)11-12-34(36)55-18-2-19-56-37(38(42,43)44,39(45,46)47)40(48,49)50/h4-8,10,23,26,31-34H,2-3,9,11-22,24H2,1H3/t26?,31-,32-,33+,34+,36+/m1/s1. The molecule has 1 aliphatic heterocycles. The zero-order valence-electron chi connectivity index (χ0n) is 32.4. The number of alkyl halides is 9. The van der Waals surface area contributed by atoms with Crippen LogP contribution in [0.2, 0.25) is 6.32 Å². The van der Waals surface area contributed by atoms with Crippen molar-refractivity contribution < 1.29 is 68.0 Å². The number of rotatable bonds is 15. The summed E-state index contributed by atoms with van der Waals surface area (Å²) in [5.41, 5.74) is -4.09. The van der Waals surface area contributed by atoms with Crippen LogP contribution in [0.1, 0.15) is 68.9 Å². The number of fused-ring (bicyclic) bond motifs is 5. The maximum atomic E-state index is 13.2. The van der Waals surface area contributed by atoms with E-state index in [0.717, 1.165) is 55.8 Å². The molecule has 2 saturated carbocycles. The molecule has 0 aromatic heterocycles. The van der Waals surface area contributed by atoms with Gasteiger partial charge in [0, 0.05) is 30.7 Å². The highest BCUT2D eigenvalue weighted by Gasteiger charge is 2.85.